The number of aryl methyl sites for hydroxylation is 1. The number of fused-ring (bicyclic) bond motifs is 1. The van der Waals surface area contributed by atoms with Crippen LogP contribution in [0.25, 0.3) is 26.9 Å². The third kappa shape index (κ3) is 2.85. The standard InChI is InChI=1S/C21H23N3S/c1-5-15-9-16(8-13(2)14(15)3)19-6-7-20-21(23-19)18(12-25-20)17-10-22-24(4)11-17/h6-14H,5H2,1-4H3. The molecule has 2 atom stereocenters. The Hall–Kier alpha value is -2.20. The molecule has 0 N–H and O–H groups in total. The zero-order valence-electron chi connectivity index (χ0n) is 15.2. The lowest BCUT2D eigenvalue weighted by molar-refractivity contribution is 0.512. The van der Waals surface area contributed by atoms with Gasteiger partial charge >= 0.3 is 0 Å². The van der Waals surface area contributed by atoms with Gasteiger partial charge in [0.15, 0.2) is 0 Å². The normalized spacial score (nSPS) is 20.6. The van der Waals surface area contributed by atoms with Crippen LogP contribution in [0.4, 0.5) is 0 Å². The van der Waals surface area contributed by atoms with Crippen LogP contribution < -0.4 is 0 Å². The Morgan fingerprint density at radius 3 is 2.80 bits per heavy atom. The molecule has 0 bridgehead atoms. The van der Waals surface area contributed by atoms with Crippen LogP contribution in [0.1, 0.15) is 32.9 Å². The molecule has 4 rings (SSSR count). The molecule has 4 heteroatoms. The fourth-order valence-electron chi connectivity index (χ4n) is 3.57. The smallest absolute Gasteiger partial charge is 0.0896 e. The number of aromatic nitrogens is 3. The van der Waals surface area contributed by atoms with Crippen LogP contribution in [-0.2, 0) is 7.05 Å². The first-order valence-corrected chi connectivity index (χ1v) is 9.74. The predicted molar refractivity (Wildman–Crippen MR) is 107 cm³/mol. The van der Waals surface area contributed by atoms with E-state index in [1.165, 1.54) is 21.4 Å². The van der Waals surface area contributed by atoms with Crippen LogP contribution in [0.5, 0.6) is 0 Å². The molecule has 0 spiro atoms. The highest BCUT2D eigenvalue weighted by atomic mass is 32.1. The highest BCUT2D eigenvalue weighted by molar-refractivity contribution is 7.17. The molecule has 0 aliphatic heterocycles. The molecule has 25 heavy (non-hydrogen) atoms. The molecule has 1 aliphatic carbocycles. The number of allylic oxidation sites excluding steroid dienone is 4. The van der Waals surface area contributed by atoms with Crippen molar-refractivity contribution < 1.29 is 0 Å². The molecular formula is C21H23N3S. The summed E-state index contributed by atoms with van der Waals surface area (Å²) in [6, 6.07) is 4.36. The average Bonchev–Trinajstić information content (AvgIpc) is 3.22. The summed E-state index contributed by atoms with van der Waals surface area (Å²) in [5.41, 5.74) is 7.22. The van der Waals surface area contributed by atoms with Crippen LogP contribution in [0.15, 0.2) is 47.6 Å². The first-order valence-electron chi connectivity index (χ1n) is 8.86. The van der Waals surface area contributed by atoms with Gasteiger partial charge in [-0.25, -0.2) is 4.98 Å². The minimum Gasteiger partial charge on any atom is -0.275 e. The van der Waals surface area contributed by atoms with Crippen LogP contribution in [0, 0.1) is 11.8 Å². The lowest BCUT2D eigenvalue weighted by atomic mass is 9.80. The number of thiophene rings is 1. The molecule has 0 radical (unpaired) electrons. The van der Waals surface area contributed by atoms with Crippen LogP contribution in [0.3, 0.4) is 0 Å². The third-order valence-electron chi connectivity index (χ3n) is 5.29. The SMILES string of the molecule is CCC1=CC(c2ccc3scc(-c4cnn(C)c4)c3n2)=CC(C)C1C. The van der Waals surface area contributed by atoms with Crippen LogP contribution >= 0.6 is 11.3 Å². The molecule has 0 amide bonds. The number of nitrogens with zero attached hydrogens (tertiary/aromatic N) is 3. The van der Waals surface area contributed by atoms with Gasteiger partial charge in [-0.05, 0) is 36.0 Å². The Bertz CT molecular complexity index is 990. The first kappa shape index (κ1) is 16.3. The summed E-state index contributed by atoms with van der Waals surface area (Å²) >= 11 is 1.74. The maximum atomic E-state index is 5.03. The Morgan fingerprint density at radius 1 is 1.24 bits per heavy atom. The second kappa shape index (κ2) is 6.26. The number of pyridine rings is 1. The van der Waals surface area contributed by atoms with Gasteiger partial charge in [0.25, 0.3) is 0 Å². The molecule has 128 valence electrons. The van der Waals surface area contributed by atoms with Gasteiger partial charge in [0, 0.05) is 29.8 Å². The van der Waals surface area contributed by atoms with E-state index in [1.807, 2.05) is 17.9 Å². The summed E-state index contributed by atoms with van der Waals surface area (Å²) in [5, 5.41) is 6.49. The zero-order chi connectivity index (χ0) is 17.6. The average molecular weight is 350 g/mol. The van der Waals surface area contributed by atoms with E-state index in [-0.39, 0.29) is 0 Å². The first-order chi connectivity index (χ1) is 12.1. The van der Waals surface area contributed by atoms with Gasteiger partial charge in [0.2, 0.25) is 0 Å². The Morgan fingerprint density at radius 2 is 2.08 bits per heavy atom. The fraction of sp³-hybridized carbons (Fsp3) is 0.333. The van der Waals surface area contributed by atoms with Crippen molar-refractivity contribution in [2.24, 2.45) is 18.9 Å². The summed E-state index contributed by atoms with van der Waals surface area (Å²) in [5.74, 6) is 1.16. The highest BCUT2D eigenvalue weighted by Gasteiger charge is 2.20. The second-order valence-electron chi connectivity index (χ2n) is 6.94. The molecule has 0 aromatic carbocycles. The summed E-state index contributed by atoms with van der Waals surface area (Å²) in [6.45, 7) is 6.87. The maximum absolute atomic E-state index is 5.03. The minimum absolute atomic E-state index is 0.549. The molecule has 0 saturated carbocycles. The molecule has 3 heterocycles. The van der Waals surface area contributed by atoms with Crippen molar-refractivity contribution in [3.63, 3.8) is 0 Å². The number of rotatable bonds is 3. The minimum atomic E-state index is 0.549. The maximum Gasteiger partial charge on any atom is 0.0896 e. The topological polar surface area (TPSA) is 30.7 Å². The van der Waals surface area contributed by atoms with E-state index in [1.54, 1.807) is 11.3 Å². The van der Waals surface area contributed by atoms with E-state index in [0.29, 0.717) is 11.8 Å². The van der Waals surface area contributed by atoms with Gasteiger partial charge in [-0.3, -0.25) is 4.68 Å². The van der Waals surface area contributed by atoms with Gasteiger partial charge in [-0.2, -0.15) is 5.10 Å². The Kier molecular flexibility index (Phi) is 4.08. The molecule has 0 saturated heterocycles. The summed E-state index contributed by atoms with van der Waals surface area (Å²) in [6.07, 6.45) is 9.77. The molecule has 3 aromatic rings. The second-order valence-corrected chi connectivity index (χ2v) is 7.85. The molecular weight excluding hydrogens is 326 g/mol. The highest BCUT2D eigenvalue weighted by Crippen LogP contribution is 2.37. The molecule has 2 unspecified atom stereocenters. The lowest BCUT2D eigenvalue weighted by Crippen LogP contribution is -2.13. The quantitative estimate of drug-likeness (QED) is 0.607. The molecule has 3 aromatic heterocycles. The number of hydrogen-bond acceptors (Lipinski definition) is 3. The van der Waals surface area contributed by atoms with Crippen LogP contribution in [-0.4, -0.2) is 14.8 Å². The van der Waals surface area contributed by atoms with E-state index >= 15 is 0 Å². The Balaban J connectivity index is 1.82. The summed E-state index contributed by atoms with van der Waals surface area (Å²) < 4.78 is 3.06. The van der Waals surface area contributed by atoms with E-state index in [4.69, 9.17) is 4.98 Å². The summed E-state index contributed by atoms with van der Waals surface area (Å²) in [4.78, 5) is 5.03. The molecule has 0 fully saturated rings. The number of hydrogen-bond donors (Lipinski definition) is 0. The fourth-order valence-corrected chi connectivity index (χ4v) is 4.47. The molecule has 3 nitrogen and oxygen atoms in total. The predicted octanol–water partition coefficient (Wildman–Crippen LogP) is 5.70. The van der Waals surface area contributed by atoms with E-state index in [0.717, 1.165) is 23.2 Å². The van der Waals surface area contributed by atoms with Gasteiger partial charge < -0.3 is 0 Å². The van der Waals surface area contributed by atoms with Crippen LogP contribution in [0.2, 0.25) is 0 Å². The van der Waals surface area contributed by atoms with Crippen molar-refractivity contribution in [3.05, 3.63) is 53.3 Å². The van der Waals surface area contributed by atoms with Crippen molar-refractivity contribution in [1.82, 2.24) is 14.8 Å². The largest absolute Gasteiger partial charge is 0.275 e. The van der Waals surface area contributed by atoms with Gasteiger partial charge in [-0.15, -0.1) is 11.3 Å². The van der Waals surface area contributed by atoms with Gasteiger partial charge in [-0.1, -0.05) is 38.5 Å². The Labute approximate surface area is 152 Å². The van der Waals surface area contributed by atoms with Crippen molar-refractivity contribution in [2.45, 2.75) is 27.2 Å². The van der Waals surface area contributed by atoms with E-state index < -0.39 is 0 Å². The van der Waals surface area contributed by atoms with E-state index in [2.05, 4.69) is 61.7 Å². The van der Waals surface area contributed by atoms with E-state index in [9.17, 15) is 0 Å². The van der Waals surface area contributed by atoms with Crippen molar-refractivity contribution >= 4 is 27.1 Å². The lowest BCUT2D eigenvalue weighted by Gasteiger charge is -2.25. The monoisotopic (exact) mass is 349 g/mol. The van der Waals surface area contributed by atoms with Crippen molar-refractivity contribution in [3.8, 4) is 11.1 Å². The summed E-state index contributed by atoms with van der Waals surface area (Å²) in [7, 11) is 1.95. The zero-order valence-corrected chi connectivity index (χ0v) is 16.0. The third-order valence-corrected chi connectivity index (χ3v) is 6.23. The van der Waals surface area contributed by atoms with Crippen molar-refractivity contribution in [1.29, 1.82) is 0 Å². The van der Waals surface area contributed by atoms with Gasteiger partial charge in [0.1, 0.15) is 0 Å². The molecule has 1 aliphatic rings. The van der Waals surface area contributed by atoms with Crippen molar-refractivity contribution in [2.75, 3.05) is 0 Å². The van der Waals surface area contributed by atoms with Gasteiger partial charge in [0.05, 0.1) is 22.1 Å².